The molecule has 4 aromatic rings. The Hall–Kier alpha value is -3.41. The summed E-state index contributed by atoms with van der Waals surface area (Å²) in [7, 11) is 0. The lowest BCUT2D eigenvalue weighted by Gasteiger charge is -2.19. The van der Waals surface area contributed by atoms with E-state index >= 15 is 0 Å². The van der Waals surface area contributed by atoms with Crippen LogP contribution in [-0.4, -0.2) is 27.6 Å². The summed E-state index contributed by atoms with van der Waals surface area (Å²) in [5, 5.41) is 11.2. The van der Waals surface area contributed by atoms with Gasteiger partial charge in [0.15, 0.2) is 5.78 Å². The SMILES string of the molecule is CC(=O)c1ccccc1CCC(SC[C@@H](C)C(=O)O)c1cccc(/C=C/c2ccc3ccc(Cl)cc3n2)c1. The van der Waals surface area contributed by atoms with Gasteiger partial charge in [-0.2, -0.15) is 11.8 Å². The summed E-state index contributed by atoms with van der Waals surface area (Å²) in [4.78, 5) is 28.3. The minimum atomic E-state index is -0.793. The van der Waals surface area contributed by atoms with E-state index < -0.39 is 11.9 Å². The molecule has 38 heavy (non-hydrogen) atoms. The first-order valence-corrected chi connectivity index (χ1v) is 14.0. The Morgan fingerprint density at radius 3 is 2.58 bits per heavy atom. The topological polar surface area (TPSA) is 67.3 Å². The lowest BCUT2D eigenvalue weighted by Crippen LogP contribution is -2.13. The van der Waals surface area contributed by atoms with E-state index in [2.05, 4.69) is 12.1 Å². The Morgan fingerprint density at radius 2 is 1.79 bits per heavy atom. The van der Waals surface area contributed by atoms with E-state index in [-0.39, 0.29) is 11.0 Å². The first kappa shape index (κ1) is 27.6. The fourth-order valence-electron chi connectivity index (χ4n) is 4.29. The molecular weight excluding hydrogens is 514 g/mol. The van der Waals surface area contributed by atoms with Crippen LogP contribution >= 0.6 is 23.4 Å². The quantitative estimate of drug-likeness (QED) is 0.192. The van der Waals surface area contributed by atoms with Crippen molar-refractivity contribution in [2.75, 3.05) is 5.75 Å². The standard InChI is InChI=1S/C32H30ClNO3S/c1-21(32(36)37)20-38-31(17-13-24-7-3-4-9-29(24)22(2)35)26-8-5-6-23(18-26)10-15-28-16-12-25-11-14-27(33)19-30(25)34-28/h3-12,14-16,18-19,21,31H,13,17,20H2,1-2H3,(H,36,37)/b15-10+/t21-,31?/m1/s1. The van der Waals surface area contributed by atoms with Crippen molar-refractivity contribution in [1.29, 1.82) is 0 Å². The van der Waals surface area contributed by atoms with Crippen molar-refractivity contribution in [1.82, 2.24) is 4.98 Å². The second kappa shape index (κ2) is 12.9. The largest absolute Gasteiger partial charge is 0.481 e. The number of carbonyl (C=O) groups is 2. The number of thioether (sulfide) groups is 1. The number of pyridine rings is 1. The number of Topliss-reactive ketones (excluding diaryl/α,β-unsaturated/α-hetero) is 1. The number of ketones is 1. The van der Waals surface area contributed by atoms with Crippen LogP contribution in [0.2, 0.25) is 5.02 Å². The Balaban J connectivity index is 1.56. The van der Waals surface area contributed by atoms with E-state index in [4.69, 9.17) is 16.6 Å². The molecule has 1 unspecified atom stereocenters. The third kappa shape index (κ3) is 7.33. The van der Waals surface area contributed by atoms with Gasteiger partial charge < -0.3 is 5.11 Å². The number of carbonyl (C=O) groups excluding carboxylic acids is 1. The molecule has 0 radical (unpaired) electrons. The molecule has 0 saturated carbocycles. The van der Waals surface area contributed by atoms with Crippen molar-refractivity contribution in [3.63, 3.8) is 0 Å². The van der Waals surface area contributed by atoms with Crippen molar-refractivity contribution in [3.05, 3.63) is 112 Å². The molecule has 0 saturated heterocycles. The summed E-state index contributed by atoms with van der Waals surface area (Å²) in [5.74, 6) is -0.666. The monoisotopic (exact) mass is 543 g/mol. The third-order valence-corrected chi connectivity index (χ3v) is 8.28. The second-order valence-corrected chi connectivity index (χ2v) is 11.1. The molecule has 0 fully saturated rings. The van der Waals surface area contributed by atoms with Gasteiger partial charge in [-0.3, -0.25) is 9.59 Å². The maximum Gasteiger partial charge on any atom is 0.307 e. The number of halogens is 1. The Labute approximate surface area is 232 Å². The number of aromatic nitrogens is 1. The van der Waals surface area contributed by atoms with Crippen LogP contribution in [0.25, 0.3) is 23.1 Å². The van der Waals surface area contributed by atoms with Crippen molar-refractivity contribution < 1.29 is 14.7 Å². The van der Waals surface area contributed by atoms with Gasteiger partial charge in [-0.1, -0.05) is 85.3 Å². The number of carboxylic acids is 1. The summed E-state index contributed by atoms with van der Waals surface area (Å²) in [6.07, 6.45) is 5.55. The Bertz CT molecular complexity index is 1480. The van der Waals surface area contributed by atoms with Gasteiger partial charge in [0.1, 0.15) is 0 Å². The van der Waals surface area contributed by atoms with Crippen LogP contribution < -0.4 is 0 Å². The third-order valence-electron chi connectivity index (χ3n) is 6.45. The van der Waals surface area contributed by atoms with Gasteiger partial charge in [0.25, 0.3) is 0 Å². The molecule has 4 nitrogen and oxygen atoms in total. The number of aliphatic carboxylic acids is 1. The average molecular weight is 544 g/mol. The zero-order chi connectivity index (χ0) is 27.1. The molecule has 0 aliphatic carbocycles. The van der Waals surface area contributed by atoms with Gasteiger partial charge in [0, 0.05) is 27.0 Å². The molecule has 6 heteroatoms. The lowest BCUT2D eigenvalue weighted by molar-refractivity contribution is -0.140. The molecule has 1 N–H and O–H groups in total. The molecular formula is C32H30ClNO3S. The normalized spacial score (nSPS) is 13.0. The molecule has 0 bridgehead atoms. The number of aryl methyl sites for hydroxylation is 1. The van der Waals surface area contributed by atoms with Gasteiger partial charge in [0.05, 0.1) is 17.1 Å². The van der Waals surface area contributed by atoms with E-state index in [1.807, 2.05) is 78.9 Å². The van der Waals surface area contributed by atoms with Gasteiger partial charge in [-0.15, -0.1) is 0 Å². The van der Waals surface area contributed by atoms with Crippen LogP contribution in [0.3, 0.4) is 0 Å². The lowest BCUT2D eigenvalue weighted by atomic mass is 9.97. The van der Waals surface area contributed by atoms with Gasteiger partial charge >= 0.3 is 5.97 Å². The molecule has 3 aromatic carbocycles. The number of nitrogens with zero attached hydrogens (tertiary/aromatic N) is 1. The molecule has 0 aliphatic heterocycles. The Kier molecular flexibility index (Phi) is 9.38. The summed E-state index contributed by atoms with van der Waals surface area (Å²) in [6, 6.07) is 25.7. The first-order valence-electron chi connectivity index (χ1n) is 12.6. The zero-order valence-corrected chi connectivity index (χ0v) is 23.0. The van der Waals surface area contributed by atoms with Crippen LogP contribution in [0.15, 0.2) is 78.9 Å². The fraction of sp³-hybridized carbons (Fsp3) is 0.219. The summed E-state index contributed by atoms with van der Waals surface area (Å²) in [5.41, 5.74) is 5.63. The van der Waals surface area contributed by atoms with Gasteiger partial charge in [0.2, 0.25) is 0 Å². The predicted octanol–water partition coefficient (Wildman–Crippen LogP) is 8.39. The van der Waals surface area contributed by atoms with Crippen LogP contribution in [0, 0.1) is 5.92 Å². The van der Waals surface area contributed by atoms with Crippen LogP contribution in [-0.2, 0) is 11.2 Å². The van der Waals surface area contributed by atoms with Crippen molar-refractivity contribution in [3.8, 4) is 0 Å². The minimum absolute atomic E-state index is 0.0565. The van der Waals surface area contributed by atoms with Crippen molar-refractivity contribution in [2.24, 2.45) is 5.92 Å². The molecule has 2 atom stereocenters. The molecule has 0 amide bonds. The molecule has 194 valence electrons. The highest BCUT2D eigenvalue weighted by atomic mass is 35.5. The maximum absolute atomic E-state index is 12.1. The molecule has 1 aromatic heterocycles. The van der Waals surface area contributed by atoms with Gasteiger partial charge in [-0.05, 0) is 60.7 Å². The fourth-order valence-corrected chi connectivity index (χ4v) is 5.74. The number of hydrogen-bond acceptors (Lipinski definition) is 4. The summed E-state index contributed by atoms with van der Waals surface area (Å²) < 4.78 is 0. The summed E-state index contributed by atoms with van der Waals surface area (Å²) >= 11 is 7.79. The Morgan fingerprint density at radius 1 is 1.00 bits per heavy atom. The van der Waals surface area contributed by atoms with E-state index in [1.54, 1.807) is 25.6 Å². The molecule has 0 aliphatic rings. The van der Waals surface area contributed by atoms with E-state index in [0.29, 0.717) is 10.8 Å². The van der Waals surface area contributed by atoms with Crippen LogP contribution in [0.5, 0.6) is 0 Å². The smallest absolute Gasteiger partial charge is 0.307 e. The molecule has 4 rings (SSSR count). The number of hydrogen-bond donors (Lipinski definition) is 1. The zero-order valence-electron chi connectivity index (χ0n) is 21.4. The highest BCUT2D eigenvalue weighted by molar-refractivity contribution is 7.99. The second-order valence-electron chi connectivity index (χ2n) is 9.39. The maximum atomic E-state index is 12.1. The van der Waals surface area contributed by atoms with Crippen molar-refractivity contribution >= 4 is 58.2 Å². The minimum Gasteiger partial charge on any atom is -0.481 e. The first-order chi connectivity index (χ1) is 18.3. The van der Waals surface area contributed by atoms with Crippen LogP contribution in [0.4, 0.5) is 0 Å². The molecule has 0 spiro atoms. The molecule has 1 heterocycles. The highest BCUT2D eigenvalue weighted by Crippen LogP contribution is 2.35. The number of carboxylic acid groups (broad SMARTS) is 1. The number of benzene rings is 3. The van der Waals surface area contributed by atoms with Gasteiger partial charge in [-0.25, -0.2) is 4.98 Å². The highest BCUT2D eigenvalue weighted by Gasteiger charge is 2.18. The number of fused-ring (bicyclic) bond motifs is 1. The van der Waals surface area contributed by atoms with E-state index in [1.165, 1.54) is 0 Å². The number of rotatable bonds is 11. The van der Waals surface area contributed by atoms with Crippen molar-refractivity contribution in [2.45, 2.75) is 31.9 Å². The van der Waals surface area contributed by atoms with E-state index in [0.717, 1.165) is 51.7 Å². The average Bonchev–Trinajstić information content (AvgIpc) is 2.91. The van der Waals surface area contributed by atoms with Crippen LogP contribution in [0.1, 0.15) is 58.3 Å². The summed E-state index contributed by atoms with van der Waals surface area (Å²) in [6.45, 7) is 3.33. The predicted molar refractivity (Wildman–Crippen MR) is 159 cm³/mol. The van der Waals surface area contributed by atoms with E-state index in [9.17, 15) is 14.7 Å².